The molecule has 2 aliphatic rings. The van der Waals surface area contributed by atoms with Gasteiger partial charge in [0.15, 0.2) is 0 Å². The molecule has 0 N–H and O–H groups in total. The first-order chi connectivity index (χ1) is 10.2. The first-order valence-electron chi connectivity index (χ1n) is 8.35. The van der Waals surface area contributed by atoms with Gasteiger partial charge in [-0.25, -0.2) is 0 Å². The van der Waals surface area contributed by atoms with Crippen LogP contribution in [0.15, 0.2) is 18.2 Å². The number of amides is 1. The van der Waals surface area contributed by atoms with Crippen molar-refractivity contribution in [3.05, 3.63) is 34.9 Å². The van der Waals surface area contributed by atoms with E-state index in [9.17, 15) is 4.79 Å². The molecule has 0 radical (unpaired) electrons. The van der Waals surface area contributed by atoms with Gasteiger partial charge in [-0.05, 0) is 56.0 Å². The van der Waals surface area contributed by atoms with Crippen LogP contribution in [0.1, 0.15) is 54.6 Å². The molecule has 1 aromatic carbocycles. The van der Waals surface area contributed by atoms with Crippen molar-refractivity contribution in [1.82, 2.24) is 9.80 Å². The van der Waals surface area contributed by atoms with E-state index < -0.39 is 0 Å². The van der Waals surface area contributed by atoms with Crippen LogP contribution in [0.2, 0.25) is 0 Å². The summed E-state index contributed by atoms with van der Waals surface area (Å²) < 4.78 is 0. The number of hydrogen-bond donors (Lipinski definition) is 0. The van der Waals surface area contributed by atoms with Crippen LogP contribution in [-0.2, 0) is 13.1 Å². The summed E-state index contributed by atoms with van der Waals surface area (Å²) in [5, 5.41) is 0. The highest BCUT2D eigenvalue weighted by Crippen LogP contribution is 2.28. The molecule has 1 aromatic rings. The average molecular weight is 286 g/mol. The van der Waals surface area contributed by atoms with Crippen LogP contribution < -0.4 is 0 Å². The molecule has 0 atom stereocenters. The monoisotopic (exact) mass is 286 g/mol. The van der Waals surface area contributed by atoms with E-state index in [1.165, 1.54) is 43.5 Å². The molecule has 0 unspecified atom stereocenters. The minimum absolute atomic E-state index is 0.207. The van der Waals surface area contributed by atoms with Crippen LogP contribution in [0.3, 0.4) is 0 Å². The summed E-state index contributed by atoms with van der Waals surface area (Å²) in [7, 11) is 0. The molecule has 2 heterocycles. The molecule has 1 fully saturated rings. The number of likely N-dealkylation sites (tertiary alicyclic amines) is 1. The fraction of sp³-hybridized carbons (Fsp3) is 0.611. The molecular weight excluding hydrogens is 260 g/mol. The van der Waals surface area contributed by atoms with Crippen LogP contribution >= 0.6 is 0 Å². The van der Waals surface area contributed by atoms with Crippen LogP contribution in [-0.4, -0.2) is 35.3 Å². The molecule has 1 amide bonds. The number of rotatable bonds is 4. The van der Waals surface area contributed by atoms with Crippen LogP contribution in [0.4, 0.5) is 0 Å². The number of carbonyl (C=O) groups excluding carboxylic acids is 1. The highest BCUT2D eigenvalue weighted by molar-refractivity contribution is 5.98. The molecule has 0 aromatic heterocycles. The van der Waals surface area contributed by atoms with Crippen molar-refractivity contribution >= 4 is 5.91 Å². The Hall–Kier alpha value is -1.35. The van der Waals surface area contributed by atoms with Gasteiger partial charge in [0.25, 0.3) is 5.91 Å². The van der Waals surface area contributed by atoms with E-state index in [2.05, 4.69) is 24.8 Å². The van der Waals surface area contributed by atoms with E-state index in [-0.39, 0.29) is 5.91 Å². The number of benzene rings is 1. The fourth-order valence-electron chi connectivity index (χ4n) is 3.65. The maximum atomic E-state index is 12.3. The smallest absolute Gasteiger partial charge is 0.254 e. The lowest BCUT2D eigenvalue weighted by atomic mass is 9.93. The Kier molecular flexibility index (Phi) is 4.29. The Balaban J connectivity index is 1.72. The van der Waals surface area contributed by atoms with Crippen molar-refractivity contribution in [2.24, 2.45) is 5.92 Å². The van der Waals surface area contributed by atoms with Crippen LogP contribution in [0.25, 0.3) is 0 Å². The summed E-state index contributed by atoms with van der Waals surface area (Å²) in [4.78, 5) is 16.8. The molecule has 0 saturated carbocycles. The maximum absolute atomic E-state index is 12.3. The third-order valence-corrected chi connectivity index (χ3v) is 5.20. The van der Waals surface area contributed by atoms with Crippen LogP contribution in [0, 0.1) is 5.92 Å². The second kappa shape index (κ2) is 6.18. The van der Waals surface area contributed by atoms with E-state index in [0.717, 1.165) is 31.1 Å². The topological polar surface area (TPSA) is 23.6 Å². The van der Waals surface area contributed by atoms with Gasteiger partial charge in [0.1, 0.15) is 0 Å². The summed E-state index contributed by atoms with van der Waals surface area (Å²) in [5.74, 6) is 1.12. The molecule has 0 spiro atoms. The lowest BCUT2D eigenvalue weighted by Gasteiger charge is -2.31. The van der Waals surface area contributed by atoms with Gasteiger partial charge < -0.3 is 4.90 Å². The highest BCUT2D eigenvalue weighted by atomic mass is 16.2. The van der Waals surface area contributed by atoms with E-state index >= 15 is 0 Å². The lowest BCUT2D eigenvalue weighted by Crippen LogP contribution is -2.33. The van der Waals surface area contributed by atoms with Gasteiger partial charge in [-0.15, -0.1) is 0 Å². The summed E-state index contributed by atoms with van der Waals surface area (Å²) in [5.41, 5.74) is 3.55. The molecule has 21 heavy (non-hydrogen) atoms. The molecule has 3 heteroatoms. The van der Waals surface area contributed by atoms with Crippen molar-refractivity contribution in [3.63, 3.8) is 0 Å². The summed E-state index contributed by atoms with van der Waals surface area (Å²) in [6.07, 6.45) is 3.96. The van der Waals surface area contributed by atoms with E-state index in [4.69, 9.17) is 0 Å². The van der Waals surface area contributed by atoms with Gasteiger partial charge in [-0.3, -0.25) is 9.69 Å². The standard InChI is InChI=1S/C18H26N2O/c1-3-14-8-10-19(11-9-14)12-15-6-5-7-16-17(15)13-20(4-2)18(16)21/h5-7,14H,3-4,8-13H2,1-2H3. The number of piperidine rings is 1. The zero-order valence-electron chi connectivity index (χ0n) is 13.3. The van der Waals surface area contributed by atoms with Crippen molar-refractivity contribution < 1.29 is 4.79 Å². The quantitative estimate of drug-likeness (QED) is 0.848. The average Bonchev–Trinajstić information content (AvgIpc) is 2.86. The van der Waals surface area contributed by atoms with E-state index in [1.807, 2.05) is 17.0 Å². The molecule has 2 aliphatic heterocycles. The summed E-state index contributed by atoms with van der Waals surface area (Å²) >= 11 is 0. The number of carbonyl (C=O) groups is 1. The number of fused-ring (bicyclic) bond motifs is 1. The normalized spacial score (nSPS) is 20.1. The predicted octanol–water partition coefficient (Wildman–Crippen LogP) is 3.28. The van der Waals surface area contributed by atoms with Crippen molar-refractivity contribution in [3.8, 4) is 0 Å². The Morgan fingerprint density at radius 1 is 1.19 bits per heavy atom. The third kappa shape index (κ3) is 2.84. The Labute approximate surface area is 127 Å². The first kappa shape index (κ1) is 14.6. The van der Waals surface area contributed by atoms with Crippen LogP contribution in [0.5, 0.6) is 0 Å². The number of nitrogens with zero attached hydrogens (tertiary/aromatic N) is 2. The Morgan fingerprint density at radius 3 is 2.62 bits per heavy atom. The zero-order valence-corrected chi connectivity index (χ0v) is 13.3. The van der Waals surface area contributed by atoms with E-state index in [0.29, 0.717) is 0 Å². The second-order valence-corrected chi connectivity index (χ2v) is 6.39. The number of hydrogen-bond acceptors (Lipinski definition) is 2. The Morgan fingerprint density at radius 2 is 1.95 bits per heavy atom. The predicted molar refractivity (Wildman–Crippen MR) is 85.1 cm³/mol. The van der Waals surface area contributed by atoms with Gasteiger partial charge in [-0.2, -0.15) is 0 Å². The minimum atomic E-state index is 0.207. The summed E-state index contributed by atoms with van der Waals surface area (Å²) in [6, 6.07) is 6.24. The first-order valence-corrected chi connectivity index (χ1v) is 8.35. The van der Waals surface area contributed by atoms with Gasteiger partial charge in [0.05, 0.1) is 0 Å². The Bertz CT molecular complexity index is 518. The van der Waals surface area contributed by atoms with Crippen molar-refractivity contribution in [2.45, 2.75) is 46.2 Å². The minimum Gasteiger partial charge on any atom is -0.335 e. The molecule has 114 valence electrons. The lowest BCUT2D eigenvalue weighted by molar-refractivity contribution is 0.0787. The van der Waals surface area contributed by atoms with Crippen molar-refractivity contribution in [1.29, 1.82) is 0 Å². The third-order valence-electron chi connectivity index (χ3n) is 5.20. The molecule has 3 nitrogen and oxygen atoms in total. The van der Waals surface area contributed by atoms with Gasteiger partial charge in [-0.1, -0.05) is 25.5 Å². The molecule has 0 bridgehead atoms. The molecule has 3 rings (SSSR count). The molecular formula is C18H26N2O. The van der Waals surface area contributed by atoms with Gasteiger partial charge >= 0.3 is 0 Å². The SMILES string of the molecule is CCC1CCN(Cc2cccc3c2CN(CC)C3=O)CC1. The van der Waals surface area contributed by atoms with Crippen molar-refractivity contribution in [2.75, 3.05) is 19.6 Å². The zero-order chi connectivity index (χ0) is 14.8. The molecule has 0 aliphatic carbocycles. The molecule has 1 saturated heterocycles. The van der Waals surface area contributed by atoms with Gasteiger partial charge in [0.2, 0.25) is 0 Å². The fourth-order valence-corrected chi connectivity index (χ4v) is 3.65. The summed E-state index contributed by atoms with van der Waals surface area (Å²) in [6.45, 7) is 9.36. The maximum Gasteiger partial charge on any atom is 0.254 e. The highest BCUT2D eigenvalue weighted by Gasteiger charge is 2.28. The largest absolute Gasteiger partial charge is 0.335 e. The van der Waals surface area contributed by atoms with Gasteiger partial charge in [0, 0.05) is 25.2 Å². The second-order valence-electron chi connectivity index (χ2n) is 6.39. The van der Waals surface area contributed by atoms with E-state index in [1.54, 1.807) is 0 Å².